The van der Waals surface area contributed by atoms with Crippen LogP contribution in [0.5, 0.6) is 0 Å². The van der Waals surface area contributed by atoms with Crippen LogP contribution in [0.4, 0.5) is 0 Å². The van der Waals surface area contributed by atoms with Crippen LogP contribution in [0, 0.1) is 0 Å². The van der Waals surface area contributed by atoms with E-state index in [-0.39, 0.29) is 0 Å². The van der Waals surface area contributed by atoms with Crippen LogP contribution in [0.3, 0.4) is 0 Å². The van der Waals surface area contributed by atoms with Crippen molar-refractivity contribution in [1.29, 1.82) is 0 Å². The standard InChI is InChI=1S/C13H21N/c1-11(2)7-8-12(3)13(4)9-10-14(5)6/h7-9H,1,3,10H2,2,4-6H3/b8-7-,13-9+. The summed E-state index contributed by atoms with van der Waals surface area (Å²) in [6, 6.07) is 0. The van der Waals surface area contributed by atoms with E-state index >= 15 is 0 Å². The van der Waals surface area contributed by atoms with Crippen molar-refractivity contribution in [3.8, 4) is 0 Å². The molecule has 0 amide bonds. The molecule has 78 valence electrons. The van der Waals surface area contributed by atoms with Crippen molar-refractivity contribution >= 4 is 0 Å². The molecule has 0 aliphatic carbocycles. The number of nitrogens with zero attached hydrogens (tertiary/aromatic N) is 1. The summed E-state index contributed by atoms with van der Waals surface area (Å²) in [5.41, 5.74) is 3.32. The average Bonchev–Trinajstić information content (AvgIpc) is 2.09. The zero-order valence-corrected chi connectivity index (χ0v) is 9.80. The van der Waals surface area contributed by atoms with Gasteiger partial charge in [0.15, 0.2) is 0 Å². The molecule has 0 unspecified atom stereocenters. The molecule has 0 spiro atoms. The van der Waals surface area contributed by atoms with E-state index in [2.05, 4.69) is 45.2 Å². The lowest BCUT2D eigenvalue weighted by molar-refractivity contribution is 0.455. The highest BCUT2D eigenvalue weighted by atomic mass is 15.0. The monoisotopic (exact) mass is 191 g/mol. The number of allylic oxidation sites excluding steroid dienone is 5. The molecule has 14 heavy (non-hydrogen) atoms. The molecular weight excluding hydrogens is 170 g/mol. The van der Waals surface area contributed by atoms with E-state index < -0.39 is 0 Å². The molecule has 0 N–H and O–H groups in total. The van der Waals surface area contributed by atoms with Gasteiger partial charge in [0.25, 0.3) is 0 Å². The van der Waals surface area contributed by atoms with Crippen molar-refractivity contribution in [3.63, 3.8) is 0 Å². The van der Waals surface area contributed by atoms with Crippen LogP contribution in [0.1, 0.15) is 13.8 Å². The molecule has 0 rings (SSSR count). The fourth-order valence-electron chi connectivity index (χ4n) is 0.825. The smallest absolute Gasteiger partial charge is 0.0162 e. The Labute approximate surface area is 88.1 Å². The minimum absolute atomic E-state index is 0.950. The Morgan fingerprint density at radius 2 is 1.71 bits per heavy atom. The molecule has 1 nitrogen and oxygen atoms in total. The molecule has 0 saturated heterocycles. The summed E-state index contributed by atoms with van der Waals surface area (Å²) in [4.78, 5) is 2.12. The summed E-state index contributed by atoms with van der Waals surface area (Å²) in [6.07, 6.45) is 6.16. The van der Waals surface area contributed by atoms with Gasteiger partial charge in [-0.3, -0.25) is 0 Å². The molecule has 0 aliphatic rings. The molecule has 0 fully saturated rings. The third kappa shape index (κ3) is 6.44. The van der Waals surface area contributed by atoms with Crippen molar-refractivity contribution < 1.29 is 0 Å². The van der Waals surface area contributed by atoms with Gasteiger partial charge >= 0.3 is 0 Å². The van der Waals surface area contributed by atoms with Gasteiger partial charge in [0.1, 0.15) is 0 Å². The van der Waals surface area contributed by atoms with Crippen molar-refractivity contribution in [1.82, 2.24) is 4.90 Å². The maximum absolute atomic E-state index is 3.99. The van der Waals surface area contributed by atoms with Gasteiger partial charge in [-0.05, 0) is 39.1 Å². The molecule has 1 heteroatoms. The highest BCUT2D eigenvalue weighted by molar-refractivity contribution is 5.38. The first-order chi connectivity index (χ1) is 6.43. The van der Waals surface area contributed by atoms with Gasteiger partial charge < -0.3 is 4.90 Å². The Balaban J connectivity index is 4.25. The summed E-state index contributed by atoms with van der Waals surface area (Å²) in [5, 5.41) is 0. The fourth-order valence-corrected chi connectivity index (χ4v) is 0.825. The average molecular weight is 191 g/mol. The number of hydrogen-bond donors (Lipinski definition) is 0. The lowest BCUT2D eigenvalue weighted by Gasteiger charge is -2.06. The molecule has 0 saturated carbocycles. The summed E-state index contributed by atoms with van der Waals surface area (Å²) >= 11 is 0. The zero-order chi connectivity index (χ0) is 11.1. The van der Waals surface area contributed by atoms with Crippen LogP contribution in [-0.4, -0.2) is 25.5 Å². The van der Waals surface area contributed by atoms with Crippen molar-refractivity contribution in [2.24, 2.45) is 0 Å². The van der Waals surface area contributed by atoms with E-state index in [1.54, 1.807) is 0 Å². The quantitative estimate of drug-likeness (QED) is 0.603. The lowest BCUT2D eigenvalue weighted by Crippen LogP contribution is -2.11. The van der Waals surface area contributed by atoms with Gasteiger partial charge in [0.2, 0.25) is 0 Å². The Morgan fingerprint density at radius 1 is 1.14 bits per heavy atom. The van der Waals surface area contributed by atoms with E-state index in [0.29, 0.717) is 0 Å². The van der Waals surface area contributed by atoms with E-state index in [4.69, 9.17) is 0 Å². The third-order valence-corrected chi connectivity index (χ3v) is 1.84. The molecule has 0 aliphatic heterocycles. The second-order valence-electron chi connectivity index (χ2n) is 3.85. The van der Waals surface area contributed by atoms with Gasteiger partial charge in [-0.15, -0.1) is 0 Å². The summed E-state index contributed by atoms with van der Waals surface area (Å²) in [6.45, 7) is 12.8. The minimum atomic E-state index is 0.950. The van der Waals surface area contributed by atoms with E-state index in [9.17, 15) is 0 Å². The van der Waals surface area contributed by atoms with Gasteiger partial charge in [-0.25, -0.2) is 0 Å². The largest absolute Gasteiger partial charge is 0.306 e. The van der Waals surface area contributed by atoms with Crippen LogP contribution in [0.15, 0.2) is 48.1 Å². The fraction of sp³-hybridized carbons (Fsp3) is 0.385. The Bertz CT molecular complexity index is 267. The van der Waals surface area contributed by atoms with E-state index in [1.165, 1.54) is 5.57 Å². The number of hydrogen-bond acceptors (Lipinski definition) is 1. The summed E-state index contributed by atoms with van der Waals surface area (Å²) in [5.74, 6) is 0. The Kier molecular flexibility index (Phi) is 5.89. The molecule has 0 atom stereocenters. The van der Waals surface area contributed by atoms with E-state index in [1.807, 2.05) is 19.1 Å². The Morgan fingerprint density at radius 3 is 2.14 bits per heavy atom. The summed E-state index contributed by atoms with van der Waals surface area (Å²) in [7, 11) is 4.10. The van der Waals surface area contributed by atoms with Crippen LogP contribution >= 0.6 is 0 Å². The predicted octanol–water partition coefficient (Wildman–Crippen LogP) is 3.18. The molecule has 0 bridgehead atoms. The van der Waals surface area contributed by atoms with Gasteiger partial charge in [-0.1, -0.05) is 37.0 Å². The first kappa shape index (κ1) is 12.9. The molecule has 0 heterocycles. The van der Waals surface area contributed by atoms with Crippen molar-refractivity contribution in [2.75, 3.05) is 20.6 Å². The SMILES string of the molecule is C=C(C)/C=C\C(=C)/C(C)=C/CN(C)C. The maximum Gasteiger partial charge on any atom is 0.0162 e. The first-order valence-corrected chi connectivity index (χ1v) is 4.78. The molecule has 0 aromatic rings. The lowest BCUT2D eigenvalue weighted by atomic mass is 10.1. The molecule has 0 radical (unpaired) electrons. The van der Waals surface area contributed by atoms with Crippen molar-refractivity contribution in [2.45, 2.75) is 13.8 Å². The van der Waals surface area contributed by atoms with E-state index in [0.717, 1.165) is 17.7 Å². The number of likely N-dealkylation sites (N-methyl/N-ethyl adjacent to an activating group) is 1. The van der Waals surface area contributed by atoms with Gasteiger partial charge in [-0.2, -0.15) is 0 Å². The first-order valence-electron chi connectivity index (χ1n) is 4.78. The normalized spacial score (nSPS) is 12.5. The van der Waals surface area contributed by atoms with Crippen LogP contribution < -0.4 is 0 Å². The molecule has 0 aromatic heterocycles. The maximum atomic E-state index is 3.99. The van der Waals surface area contributed by atoms with Crippen LogP contribution in [0.25, 0.3) is 0 Å². The predicted molar refractivity (Wildman–Crippen MR) is 65.4 cm³/mol. The topological polar surface area (TPSA) is 3.24 Å². The summed E-state index contributed by atoms with van der Waals surface area (Å²) < 4.78 is 0. The van der Waals surface area contributed by atoms with Crippen LogP contribution in [0.2, 0.25) is 0 Å². The van der Waals surface area contributed by atoms with Gasteiger partial charge in [0, 0.05) is 6.54 Å². The zero-order valence-electron chi connectivity index (χ0n) is 9.80. The molecular formula is C13H21N. The second kappa shape index (κ2) is 6.39. The minimum Gasteiger partial charge on any atom is -0.306 e. The number of rotatable bonds is 5. The second-order valence-corrected chi connectivity index (χ2v) is 3.85. The van der Waals surface area contributed by atoms with Crippen LogP contribution in [-0.2, 0) is 0 Å². The highest BCUT2D eigenvalue weighted by Crippen LogP contribution is 2.09. The third-order valence-electron chi connectivity index (χ3n) is 1.84. The van der Waals surface area contributed by atoms with Gasteiger partial charge in [0.05, 0.1) is 0 Å². The Hall–Kier alpha value is -1.08. The highest BCUT2D eigenvalue weighted by Gasteiger charge is 1.92. The molecule has 0 aromatic carbocycles. The van der Waals surface area contributed by atoms with Crippen molar-refractivity contribution in [3.05, 3.63) is 48.1 Å².